The minimum absolute atomic E-state index is 0.00617. The van der Waals surface area contributed by atoms with Crippen LogP contribution in [0.5, 0.6) is 0 Å². The van der Waals surface area contributed by atoms with Crippen molar-refractivity contribution in [3.63, 3.8) is 0 Å². The number of hydrogen-bond donors (Lipinski definition) is 2. The SMILES string of the molecule is CC(C)N[C@@H](CCCCNC(=O)CCCC(=O)C(C)C)C(=O)C(C)C. The molecule has 0 saturated carbocycles. The summed E-state index contributed by atoms with van der Waals surface area (Å²) in [6.07, 6.45) is 4.06. The summed E-state index contributed by atoms with van der Waals surface area (Å²) in [6.45, 7) is 12.3. The van der Waals surface area contributed by atoms with Crippen molar-refractivity contribution in [3.05, 3.63) is 0 Å². The van der Waals surface area contributed by atoms with Crippen LogP contribution in [-0.4, -0.2) is 36.1 Å². The molecule has 0 aliphatic carbocycles. The maximum Gasteiger partial charge on any atom is 0.220 e. The molecule has 0 saturated heterocycles. The van der Waals surface area contributed by atoms with Crippen LogP contribution in [0.1, 0.15) is 80.1 Å². The number of carbonyl (C=O) groups is 3. The van der Waals surface area contributed by atoms with Crippen LogP contribution in [0.15, 0.2) is 0 Å². The molecular weight excluding hydrogens is 316 g/mol. The summed E-state index contributed by atoms with van der Waals surface area (Å²) in [4.78, 5) is 35.5. The second-order valence-electron chi connectivity index (χ2n) is 7.75. The van der Waals surface area contributed by atoms with Gasteiger partial charge in [-0.1, -0.05) is 41.5 Å². The smallest absolute Gasteiger partial charge is 0.220 e. The fourth-order valence-electron chi connectivity index (χ4n) is 2.61. The fraction of sp³-hybridized carbons (Fsp3) is 0.850. The van der Waals surface area contributed by atoms with Gasteiger partial charge in [0.1, 0.15) is 5.78 Å². The van der Waals surface area contributed by atoms with E-state index < -0.39 is 0 Å². The molecule has 1 amide bonds. The highest BCUT2D eigenvalue weighted by Gasteiger charge is 2.21. The van der Waals surface area contributed by atoms with E-state index in [9.17, 15) is 14.4 Å². The van der Waals surface area contributed by atoms with Crippen molar-refractivity contribution in [3.8, 4) is 0 Å². The van der Waals surface area contributed by atoms with Crippen LogP contribution in [0, 0.1) is 11.8 Å². The van der Waals surface area contributed by atoms with Gasteiger partial charge < -0.3 is 10.6 Å². The van der Waals surface area contributed by atoms with E-state index in [2.05, 4.69) is 10.6 Å². The van der Waals surface area contributed by atoms with Gasteiger partial charge in [0.2, 0.25) is 5.91 Å². The van der Waals surface area contributed by atoms with Gasteiger partial charge in [-0.25, -0.2) is 0 Å². The molecule has 0 rings (SSSR count). The Hall–Kier alpha value is -1.23. The summed E-state index contributed by atoms with van der Waals surface area (Å²) in [7, 11) is 0. The zero-order chi connectivity index (χ0) is 19.4. The zero-order valence-corrected chi connectivity index (χ0v) is 17.0. The number of carbonyl (C=O) groups excluding carboxylic acids is 3. The maximum atomic E-state index is 12.2. The number of amides is 1. The molecule has 0 radical (unpaired) electrons. The Morgan fingerprint density at radius 2 is 1.44 bits per heavy atom. The summed E-state index contributed by atoms with van der Waals surface area (Å²) in [5.41, 5.74) is 0. The first kappa shape index (κ1) is 23.8. The molecule has 2 N–H and O–H groups in total. The van der Waals surface area contributed by atoms with Crippen molar-refractivity contribution in [2.45, 2.75) is 92.2 Å². The average molecular weight is 355 g/mol. The molecule has 0 aromatic heterocycles. The number of rotatable bonds is 14. The molecule has 0 heterocycles. The predicted octanol–water partition coefficient (Wildman–Crippen LogP) is 3.26. The van der Waals surface area contributed by atoms with Crippen molar-refractivity contribution in [1.29, 1.82) is 0 Å². The van der Waals surface area contributed by atoms with E-state index in [4.69, 9.17) is 0 Å². The number of hydrogen-bond acceptors (Lipinski definition) is 4. The second kappa shape index (κ2) is 13.0. The lowest BCUT2D eigenvalue weighted by Crippen LogP contribution is -2.42. The molecule has 0 aromatic rings. The minimum atomic E-state index is -0.0993. The van der Waals surface area contributed by atoms with E-state index in [1.54, 1.807) is 0 Å². The van der Waals surface area contributed by atoms with Crippen LogP contribution in [0.2, 0.25) is 0 Å². The molecule has 0 unspecified atom stereocenters. The highest BCUT2D eigenvalue weighted by molar-refractivity contribution is 5.85. The first-order valence-corrected chi connectivity index (χ1v) is 9.74. The third-order valence-electron chi connectivity index (χ3n) is 4.16. The lowest BCUT2D eigenvalue weighted by atomic mass is 9.96. The van der Waals surface area contributed by atoms with Gasteiger partial charge in [-0.2, -0.15) is 0 Å². The van der Waals surface area contributed by atoms with Gasteiger partial charge in [0.25, 0.3) is 0 Å². The molecule has 5 heteroatoms. The van der Waals surface area contributed by atoms with Gasteiger partial charge in [0.15, 0.2) is 5.78 Å². The molecule has 0 aromatic carbocycles. The van der Waals surface area contributed by atoms with Gasteiger partial charge in [0, 0.05) is 37.3 Å². The van der Waals surface area contributed by atoms with Crippen molar-refractivity contribution < 1.29 is 14.4 Å². The number of nitrogens with one attached hydrogen (secondary N) is 2. The van der Waals surface area contributed by atoms with Crippen LogP contribution in [0.25, 0.3) is 0 Å². The Morgan fingerprint density at radius 1 is 0.800 bits per heavy atom. The van der Waals surface area contributed by atoms with Crippen LogP contribution in [-0.2, 0) is 14.4 Å². The highest BCUT2D eigenvalue weighted by Crippen LogP contribution is 2.09. The molecule has 0 bridgehead atoms. The second-order valence-corrected chi connectivity index (χ2v) is 7.75. The Labute approximate surface area is 153 Å². The molecular formula is C20H38N2O3. The standard InChI is InChI=1S/C20H38N2O3/c1-14(2)18(23)11-9-12-19(24)21-13-8-7-10-17(22-16(5)6)20(25)15(3)4/h14-17,22H,7-13H2,1-6H3,(H,21,24)/t17-/m0/s1. The normalized spacial score (nSPS) is 12.7. The lowest BCUT2D eigenvalue weighted by Gasteiger charge is -2.22. The van der Waals surface area contributed by atoms with Crippen LogP contribution >= 0.6 is 0 Å². The van der Waals surface area contributed by atoms with Crippen molar-refractivity contribution in [2.75, 3.05) is 6.54 Å². The largest absolute Gasteiger partial charge is 0.356 e. The van der Waals surface area contributed by atoms with Crippen LogP contribution in [0.3, 0.4) is 0 Å². The summed E-state index contributed by atoms with van der Waals surface area (Å²) in [5, 5.41) is 6.24. The molecule has 1 atom stereocenters. The third-order valence-corrected chi connectivity index (χ3v) is 4.16. The Morgan fingerprint density at radius 3 is 1.96 bits per heavy atom. The van der Waals surface area contributed by atoms with Crippen molar-refractivity contribution >= 4 is 17.5 Å². The average Bonchev–Trinajstić information content (AvgIpc) is 2.51. The topological polar surface area (TPSA) is 75.3 Å². The van der Waals surface area contributed by atoms with E-state index in [1.165, 1.54) is 0 Å². The Bertz CT molecular complexity index is 417. The summed E-state index contributed by atoms with van der Waals surface area (Å²) in [6, 6.07) is 0.179. The van der Waals surface area contributed by atoms with E-state index in [0.717, 1.165) is 19.3 Å². The monoisotopic (exact) mass is 354 g/mol. The predicted molar refractivity (Wildman–Crippen MR) is 102 cm³/mol. The first-order chi connectivity index (χ1) is 11.6. The zero-order valence-electron chi connectivity index (χ0n) is 17.0. The quantitative estimate of drug-likeness (QED) is 0.470. The third kappa shape index (κ3) is 11.9. The summed E-state index contributed by atoms with van der Waals surface area (Å²) < 4.78 is 0. The first-order valence-electron chi connectivity index (χ1n) is 9.74. The maximum absolute atomic E-state index is 12.2. The van der Waals surface area contributed by atoms with Gasteiger partial charge in [-0.15, -0.1) is 0 Å². The lowest BCUT2D eigenvalue weighted by molar-refractivity contribution is -0.125. The summed E-state index contributed by atoms with van der Waals surface area (Å²) >= 11 is 0. The number of unbranched alkanes of at least 4 members (excludes halogenated alkanes) is 1. The van der Waals surface area contributed by atoms with Crippen molar-refractivity contribution in [2.24, 2.45) is 11.8 Å². The van der Waals surface area contributed by atoms with Gasteiger partial charge in [-0.05, 0) is 25.7 Å². The van der Waals surface area contributed by atoms with Gasteiger partial charge >= 0.3 is 0 Å². The van der Waals surface area contributed by atoms with Crippen LogP contribution in [0.4, 0.5) is 0 Å². The van der Waals surface area contributed by atoms with E-state index in [0.29, 0.717) is 25.8 Å². The fourth-order valence-corrected chi connectivity index (χ4v) is 2.61. The van der Waals surface area contributed by atoms with Gasteiger partial charge in [-0.3, -0.25) is 14.4 Å². The molecule has 146 valence electrons. The molecule has 0 aliphatic heterocycles. The Balaban J connectivity index is 3.92. The van der Waals surface area contributed by atoms with Gasteiger partial charge in [0.05, 0.1) is 6.04 Å². The van der Waals surface area contributed by atoms with E-state index >= 15 is 0 Å². The van der Waals surface area contributed by atoms with Crippen LogP contribution < -0.4 is 10.6 Å². The number of ketones is 2. The molecule has 0 aliphatic rings. The van der Waals surface area contributed by atoms with E-state index in [1.807, 2.05) is 41.5 Å². The minimum Gasteiger partial charge on any atom is -0.356 e. The molecule has 0 spiro atoms. The molecule has 0 fully saturated rings. The molecule has 25 heavy (non-hydrogen) atoms. The highest BCUT2D eigenvalue weighted by atomic mass is 16.1. The summed E-state index contributed by atoms with van der Waals surface area (Å²) in [5.74, 6) is 0.555. The van der Waals surface area contributed by atoms with Crippen molar-refractivity contribution in [1.82, 2.24) is 10.6 Å². The van der Waals surface area contributed by atoms with E-state index in [-0.39, 0.29) is 41.4 Å². The number of Topliss-reactive ketones (excluding diaryl/α,β-unsaturated/α-hetero) is 2. The Kier molecular flexibility index (Phi) is 12.4. The molecule has 5 nitrogen and oxygen atoms in total.